The van der Waals surface area contributed by atoms with Gasteiger partial charge < -0.3 is 24.8 Å². The van der Waals surface area contributed by atoms with E-state index in [1.807, 2.05) is 11.0 Å². The van der Waals surface area contributed by atoms with Crippen molar-refractivity contribution in [3.63, 3.8) is 0 Å². The molecule has 28 heavy (non-hydrogen) atoms. The van der Waals surface area contributed by atoms with Crippen LogP contribution in [0.3, 0.4) is 0 Å². The van der Waals surface area contributed by atoms with E-state index >= 15 is 0 Å². The average molecular weight is 384 g/mol. The molecule has 150 valence electrons. The number of aromatic amines is 1. The van der Waals surface area contributed by atoms with Crippen LogP contribution in [-0.2, 0) is 4.74 Å². The lowest BCUT2D eigenvalue weighted by Gasteiger charge is -2.35. The van der Waals surface area contributed by atoms with E-state index in [1.165, 1.54) is 23.6 Å². The molecule has 3 heterocycles. The van der Waals surface area contributed by atoms with E-state index in [-0.39, 0.29) is 18.2 Å². The van der Waals surface area contributed by atoms with Crippen LogP contribution in [0.5, 0.6) is 0 Å². The molecule has 0 saturated carbocycles. The van der Waals surface area contributed by atoms with E-state index in [0.29, 0.717) is 19.0 Å². The molecule has 4 rings (SSSR count). The van der Waals surface area contributed by atoms with Crippen LogP contribution in [0, 0.1) is 0 Å². The lowest BCUT2D eigenvalue weighted by atomic mass is 9.89. The van der Waals surface area contributed by atoms with Gasteiger partial charge in [0.05, 0.1) is 7.11 Å². The molecule has 3 amide bonds. The zero-order valence-corrected chi connectivity index (χ0v) is 16.3. The second kappa shape index (κ2) is 8.12. The summed E-state index contributed by atoms with van der Waals surface area (Å²) in [5.74, 6) is 0.489. The Morgan fingerprint density at radius 2 is 1.71 bits per heavy atom. The van der Waals surface area contributed by atoms with Gasteiger partial charge in [-0.25, -0.2) is 9.59 Å². The fourth-order valence-corrected chi connectivity index (χ4v) is 4.43. The number of hydrogen-bond donors (Lipinski definition) is 2. The van der Waals surface area contributed by atoms with Crippen LogP contribution in [0.1, 0.15) is 37.2 Å². The van der Waals surface area contributed by atoms with Crippen molar-refractivity contribution in [2.75, 3.05) is 33.3 Å². The Morgan fingerprint density at radius 3 is 2.43 bits per heavy atom. The van der Waals surface area contributed by atoms with Crippen molar-refractivity contribution in [3.8, 4) is 0 Å². The summed E-state index contributed by atoms with van der Waals surface area (Å²) in [6.07, 6.45) is 5.34. The number of hydrogen-bond acceptors (Lipinski definition) is 3. The summed E-state index contributed by atoms with van der Waals surface area (Å²) in [6, 6.07) is 8.54. The van der Waals surface area contributed by atoms with E-state index in [2.05, 4.69) is 34.7 Å². The molecular formula is C21H28N4O3. The molecule has 7 nitrogen and oxygen atoms in total. The SMILES string of the molecule is COC(=O)N1CCC(NC(=O)N2CCC(c3c[nH]c4ccccc34)CC2)CC1. The number of piperidine rings is 2. The summed E-state index contributed by atoms with van der Waals surface area (Å²) in [5, 5.41) is 4.44. The first kappa shape index (κ1) is 18.7. The van der Waals surface area contributed by atoms with Gasteiger partial charge >= 0.3 is 12.1 Å². The van der Waals surface area contributed by atoms with Gasteiger partial charge in [0.1, 0.15) is 0 Å². The predicted octanol–water partition coefficient (Wildman–Crippen LogP) is 3.29. The minimum atomic E-state index is -0.288. The molecule has 0 atom stereocenters. The molecular weight excluding hydrogens is 356 g/mol. The number of rotatable bonds is 2. The standard InChI is InChI=1S/C21H28N4O3/c1-28-21(27)25-12-8-16(9-13-25)23-20(26)24-10-6-15(7-11-24)18-14-22-19-5-3-2-4-17(18)19/h2-5,14-16,22H,6-13H2,1H3,(H,23,26). The van der Waals surface area contributed by atoms with Crippen LogP contribution in [-0.4, -0.2) is 66.2 Å². The van der Waals surface area contributed by atoms with Crippen molar-refractivity contribution in [2.24, 2.45) is 0 Å². The topological polar surface area (TPSA) is 77.7 Å². The van der Waals surface area contributed by atoms with Gasteiger partial charge in [0.15, 0.2) is 0 Å². The number of urea groups is 1. The molecule has 2 N–H and O–H groups in total. The van der Waals surface area contributed by atoms with Crippen molar-refractivity contribution >= 4 is 23.0 Å². The van der Waals surface area contributed by atoms with E-state index in [4.69, 9.17) is 4.74 Å². The molecule has 2 saturated heterocycles. The number of fused-ring (bicyclic) bond motifs is 1. The zero-order valence-electron chi connectivity index (χ0n) is 16.3. The number of ether oxygens (including phenoxy) is 1. The molecule has 2 aliphatic heterocycles. The summed E-state index contributed by atoms with van der Waals surface area (Å²) < 4.78 is 4.76. The Kier molecular flexibility index (Phi) is 5.41. The van der Waals surface area contributed by atoms with Crippen LogP contribution in [0.15, 0.2) is 30.5 Å². The van der Waals surface area contributed by atoms with Gasteiger partial charge in [-0.2, -0.15) is 0 Å². The molecule has 1 aromatic carbocycles. The third-order valence-electron chi connectivity index (χ3n) is 6.10. The first-order chi connectivity index (χ1) is 13.7. The molecule has 2 aliphatic rings. The fourth-order valence-electron chi connectivity index (χ4n) is 4.43. The smallest absolute Gasteiger partial charge is 0.409 e. The predicted molar refractivity (Wildman–Crippen MR) is 107 cm³/mol. The van der Waals surface area contributed by atoms with Crippen molar-refractivity contribution in [1.82, 2.24) is 20.1 Å². The van der Waals surface area contributed by atoms with Gasteiger partial charge in [-0.15, -0.1) is 0 Å². The summed E-state index contributed by atoms with van der Waals surface area (Å²) in [5.41, 5.74) is 2.54. The van der Waals surface area contributed by atoms with Crippen LogP contribution < -0.4 is 5.32 Å². The van der Waals surface area contributed by atoms with E-state index in [1.54, 1.807) is 4.90 Å². The van der Waals surface area contributed by atoms with Crippen molar-refractivity contribution in [2.45, 2.75) is 37.6 Å². The Labute approximate surface area is 165 Å². The maximum Gasteiger partial charge on any atom is 0.409 e. The van der Waals surface area contributed by atoms with Crippen LogP contribution in [0.2, 0.25) is 0 Å². The number of likely N-dealkylation sites (tertiary alicyclic amines) is 2. The summed E-state index contributed by atoms with van der Waals surface area (Å²) in [4.78, 5) is 31.2. The number of methoxy groups -OCH3 is 1. The second-order valence-electron chi connectivity index (χ2n) is 7.73. The van der Waals surface area contributed by atoms with Gasteiger partial charge in [-0.3, -0.25) is 0 Å². The highest BCUT2D eigenvalue weighted by atomic mass is 16.5. The van der Waals surface area contributed by atoms with Crippen LogP contribution in [0.4, 0.5) is 9.59 Å². The molecule has 2 fully saturated rings. The number of aromatic nitrogens is 1. The molecule has 0 aliphatic carbocycles. The number of para-hydroxylation sites is 1. The molecule has 0 spiro atoms. The lowest BCUT2D eigenvalue weighted by molar-refractivity contribution is 0.109. The van der Waals surface area contributed by atoms with Gasteiger partial charge in [0.25, 0.3) is 0 Å². The summed E-state index contributed by atoms with van der Waals surface area (Å²) in [6.45, 7) is 2.80. The first-order valence-corrected chi connectivity index (χ1v) is 10.1. The Bertz CT molecular complexity index is 833. The molecule has 7 heteroatoms. The number of nitrogens with one attached hydrogen (secondary N) is 2. The van der Waals surface area contributed by atoms with Gasteiger partial charge in [-0.1, -0.05) is 18.2 Å². The first-order valence-electron chi connectivity index (χ1n) is 10.1. The minimum absolute atomic E-state index is 0.0221. The van der Waals surface area contributed by atoms with Gasteiger partial charge in [0.2, 0.25) is 0 Å². The Morgan fingerprint density at radius 1 is 1.04 bits per heavy atom. The number of benzene rings is 1. The van der Waals surface area contributed by atoms with E-state index in [0.717, 1.165) is 38.8 Å². The molecule has 0 unspecified atom stereocenters. The summed E-state index contributed by atoms with van der Waals surface area (Å²) in [7, 11) is 1.40. The maximum atomic E-state index is 12.6. The van der Waals surface area contributed by atoms with Crippen molar-refractivity contribution in [1.29, 1.82) is 0 Å². The van der Waals surface area contributed by atoms with E-state index < -0.39 is 0 Å². The molecule has 0 bridgehead atoms. The van der Waals surface area contributed by atoms with Crippen LogP contribution in [0.25, 0.3) is 10.9 Å². The number of carbonyl (C=O) groups is 2. The summed E-state index contributed by atoms with van der Waals surface area (Å²) >= 11 is 0. The molecule has 0 radical (unpaired) electrons. The van der Waals surface area contributed by atoms with Crippen molar-refractivity contribution < 1.29 is 14.3 Å². The van der Waals surface area contributed by atoms with Crippen LogP contribution >= 0.6 is 0 Å². The third-order valence-corrected chi connectivity index (χ3v) is 6.10. The Hall–Kier alpha value is -2.70. The highest BCUT2D eigenvalue weighted by Gasteiger charge is 2.28. The quantitative estimate of drug-likeness (QED) is 0.834. The fraction of sp³-hybridized carbons (Fsp3) is 0.524. The maximum absolute atomic E-state index is 12.6. The normalized spacial score (nSPS) is 19.0. The number of amides is 3. The number of carbonyl (C=O) groups excluding carboxylic acids is 2. The van der Waals surface area contributed by atoms with E-state index in [9.17, 15) is 9.59 Å². The molecule has 2 aromatic rings. The molecule has 1 aromatic heterocycles. The Balaban J connectivity index is 1.27. The minimum Gasteiger partial charge on any atom is -0.453 e. The number of nitrogens with zero attached hydrogens (tertiary/aromatic N) is 2. The average Bonchev–Trinajstić information content (AvgIpc) is 3.18. The van der Waals surface area contributed by atoms with Crippen molar-refractivity contribution in [3.05, 3.63) is 36.0 Å². The van der Waals surface area contributed by atoms with Gasteiger partial charge in [-0.05, 0) is 43.2 Å². The third kappa shape index (κ3) is 3.79. The second-order valence-corrected chi connectivity index (χ2v) is 7.73. The largest absolute Gasteiger partial charge is 0.453 e. The zero-order chi connectivity index (χ0) is 19.5. The highest BCUT2D eigenvalue weighted by Crippen LogP contribution is 2.33. The highest BCUT2D eigenvalue weighted by molar-refractivity contribution is 5.83. The lowest BCUT2D eigenvalue weighted by Crippen LogP contribution is -2.51. The monoisotopic (exact) mass is 384 g/mol. The van der Waals surface area contributed by atoms with Gasteiger partial charge in [0, 0.05) is 49.3 Å². The number of H-pyrrole nitrogens is 1.